The molecule has 0 saturated heterocycles. The van der Waals surface area contributed by atoms with Crippen molar-refractivity contribution >= 4 is 28.3 Å². The maximum absolute atomic E-state index is 11.9. The Bertz CT molecular complexity index is 448. The molecule has 7 heteroatoms. The van der Waals surface area contributed by atoms with E-state index in [2.05, 4.69) is 10.3 Å². The predicted octanol–water partition coefficient (Wildman–Crippen LogP) is 1.67. The van der Waals surface area contributed by atoms with Crippen LogP contribution in [0.2, 0.25) is 0 Å². The smallest absolute Gasteiger partial charge is 0.249 e. The lowest BCUT2D eigenvalue weighted by atomic mass is 10.3. The number of aromatic nitrogens is 1. The van der Waals surface area contributed by atoms with E-state index >= 15 is 0 Å². The molecule has 6 nitrogen and oxygen atoms in total. The number of carbonyl (C=O) groups is 2. The molecule has 0 radical (unpaired) electrons. The van der Waals surface area contributed by atoms with Crippen LogP contribution in [0.3, 0.4) is 0 Å². The van der Waals surface area contributed by atoms with E-state index in [0.29, 0.717) is 11.7 Å². The van der Waals surface area contributed by atoms with Crippen LogP contribution < -0.4 is 5.32 Å². The van der Waals surface area contributed by atoms with Gasteiger partial charge in [0.25, 0.3) is 0 Å². The first-order valence-corrected chi connectivity index (χ1v) is 7.37. The molecule has 1 aromatic heterocycles. The molecule has 0 aromatic carbocycles. The third-order valence-electron chi connectivity index (χ3n) is 2.60. The quantitative estimate of drug-likeness (QED) is 0.792. The molecular weight excluding hydrogens is 278 g/mol. The van der Waals surface area contributed by atoms with E-state index in [1.807, 2.05) is 13.8 Å². The Balaban J connectivity index is 2.54. The zero-order valence-electron chi connectivity index (χ0n) is 12.1. The molecule has 0 atom stereocenters. The number of rotatable bonds is 8. The highest BCUT2D eigenvalue weighted by Gasteiger charge is 2.17. The van der Waals surface area contributed by atoms with E-state index in [1.54, 1.807) is 6.20 Å². The average Bonchev–Trinajstić information content (AvgIpc) is 2.80. The minimum atomic E-state index is -0.236. The van der Waals surface area contributed by atoms with Crippen molar-refractivity contribution in [1.82, 2.24) is 9.88 Å². The van der Waals surface area contributed by atoms with Crippen LogP contribution >= 0.6 is 11.3 Å². The largest absolute Gasteiger partial charge is 0.375 e. The summed E-state index contributed by atoms with van der Waals surface area (Å²) in [5, 5.41) is 3.26. The topological polar surface area (TPSA) is 71.5 Å². The van der Waals surface area contributed by atoms with E-state index < -0.39 is 0 Å². The summed E-state index contributed by atoms with van der Waals surface area (Å²) >= 11 is 1.41. The summed E-state index contributed by atoms with van der Waals surface area (Å²) < 4.78 is 4.83. The van der Waals surface area contributed by atoms with Crippen LogP contribution in [0.25, 0.3) is 0 Å². The lowest BCUT2D eigenvalue weighted by Gasteiger charge is -2.21. The van der Waals surface area contributed by atoms with Crippen molar-refractivity contribution in [3.05, 3.63) is 11.1 Å². The molecule has 1 rings (SSSR count). The Labute approximate surface area is 123 Å². The van der Waals surface area contributed by atoms with Gasteiger partial charge in [0.15, 0.2) is 5.13 Å². The maximum Gasteiger partial charge on any atom is 0.249 e. The lowest BCUT2D eigenvalue weighted by Crippen LogP contribution is -2.40. The van der Waals surface area contributed by atoms with Crippen molar-refractivity contribution < 1.29 is 14.3 Å². The lowest BCUT2D eigenvalue weighted by molar-refractivity contribution is -0.138. The van der Waals surface area contributed by atoms with Crippen LogP contribution in [0.4, 0.5) is 5.13 Å². The van der Waals surface area contributed by atoms with Crippen molar-refractivity contribution in [1.29, 1.82) is 0 Å². The summed E-state index contributed by atoms with van der Waals surface area (Å²) in [5.74, 6) is -0.411. The molecule has 0 unspecified atom stereocenters. The normalized spacial score (nSPS) is 10.3. The van der Waals surface area contributed by atoms with E-state index in [1.165, 1.54) is 23.3 Å². The second-order valence-electron chi connectivity index (χ2n) is 4.43. The minimum absolute atomic E-state index is 0.00659. The SMILES string of the molecule is CCCCN(CC(=O)Nc1ncc(C)s1)C(=O)COC. The maximum atomic E-state index is 11.9. The molecule has 0 aliphatic rings. The monoisotopic (exact) mass is 299 g/mol. The van der Waals surface area contributed by atoms with Crippen molar-refractivity contribution in [3.8, 4) is 0 Å². The second-order valence-corrected chi connectivity index (χ2v) is 5.66. The molecule has 0 fully saturated rings. The summed E-state index contributed by atoms with van der Waals surface area (Å²) in [6.07, 6.45) is 3.52. The number of thiazole rings is 1. The summed E-state index contributed by atoms with van der Waals surface area (Å²) in [4.78, 5) is 30.4. The van der Waals surface area contributed by atoms with Gasteiger partial charge in [-0.2, -0.15) is 0 Å². The van der Waals surface area contributed by atoms with Crippen LogP contribution in [0.1, 0.15) is 24.6 Å². The number of methoxy groups -OCH3 is 1. The van der Waals surface area contributed by atoms with E-state index in [4.69, 9.17) is 4.74 Å². The Kier molecular flexibility index (Phi) is 7.17. The summed E-state index contributed by atoms with van der Waals surface area (Å²) in [6.45, 7) is 4.54. The van der Waals surface area contributed by atoms with Crippen LogP contribution in [0.15, 0.2) is 6.20 Å². The standard InChI is InChI=1S/C13H21N3O3S/c1-4-5-6-16(12(18)9-19-3)8-11(17)15-13-14-7-10(2)20-13/h7H,4-6,8-9H2,1-3H3,(H,14,15,17). The average molecular weight is 299 g/mol. The number of amides is 2. The van der Waals surface area contributed by atoms with Gasteiger partial charge in [-0.3, -0.25) is 9.59 Å². The van der Waals surface area contributed by atoms with Gasteiger partial charge in [0, 0.05) is 24.7 Å². The Hall–Kier alpha value is -1.47. The van der Waals surface area contributed by atoms with Gasteiger partial charge in [-0.25, -0.2) is 4.98 Å². The van der Waals surface area contributed by atoms with Gasteiger partial charge in [0.1, 0.15) is 6.61 Å². The highest BCUT2D eigenvalue weighted by atomic mass is 32.1. The molecule has 0 spiro atoms. The summed E-state index contributed by atoms with van der Waals surface area (Å²) in [6, 6.07) is 0. The molecule has 0 bridgehead atoms. The first kappa shape index (κ1) is 16.6. The van der Waals surface area contributed by atoms with Crippen LogP contribution in [0, 0.1) is 6.92 Å². The molecule has 1 aromatic rings. The van der Waals surface area contributed by atoms with Crippen LogP contribution in [-0.4, -0.2) is 48.5 Å². The van der Waals surface area contributed by atoms with Crippen molar-refractivity contribution in [2.45, 2.75) is 26.7 Å². The molecule has 0 saturated carbocycles. The van der Waals surface area contributed by atoms with Crippen molar-refractivity contribution in [2.24, 2.45) is 0 Å². The molecule has 2 amide bonds. The molecule has 1 N–H and O–H groups in total. The van der Waals surface area contributed by atoms with E-state index in [-0.39, 0.29) is 25.0 Å². The zero-order valence-corrected chi connectivity index (χ0v) is 13.0. The third kappa shape index (κ3) is 5.66. The van der Waals surface area contributed by atoms with Crippen molar-refractivity contribution in [2.75, 3.05) is 32.1 Å². The van der Waals surface area contributed by atoms with Crippen molar-refractivity contribution in [3.63, 3.8) is 0 Å². The molecule has 0 aliphatic carbocycles. The first-order chi connectivity index (χ1) is 9.56. The van der Waals surface area contributed by atoms with Gasteiger partial charge in [-0.1, -0.05) is 13.3 Å². The molecule has 1 heterocycles. The Morgan fingerprint density at radius 2 is 2.25 bits per heavy atom. The minimum Gasteiger partial charge on any atom is -0.375 e. The Morgan fingerprint density at radius 1 is 1.50 bits per heavy atom. The highest BCUT2D eigenvalue weighted by Crippen LogP contribution is 2.16. The second kappa shape index (κ2) is 8.65. The van der Waals surface area contributed by atoms with Crippen LogP contribution in [-0.2, 0) is 14.3 Å². The number of anilines is 1. The zero-order chi connectivity index (χ0) is 15.0. The van der Waals surface area contributed by atoms with Crippen LogP contribution in [0.5, 0.6) is 0 Å². The predicted molar refractivity (Wildman–Crippen MR) is 78.8 cm³/mol. The molecule has 20 heavy (non-hydrogen) atoms. The van der Waals surface area contributed by atoms with Gasteiger partial charge in [-0.15, -0.1) is 11.3 Å². The number of hydrogen-bond donors (Lipinski definition) is 1. The number of aryl methyl sites for hydroxylation is 1. The molecule has 0 aliphatic heterocycles. The number of ether oxygens (including phenoxy) is 1. The first-order valence-electron chi connectivity index (χ1n) is 6.55. The third-order valence-corrected chi connectivity index (χ3v) is 3.43. The highest BCUT2D eigenvalue weighted by molar-refractivity contribution is 7.15. The summed E-state index contributed by atoms with van der Waals surface area (Å²) in [5.41, 5.74) is 0. The van der Waals surface area contributed by atoms with E-state index in [0.717, 1.165) is 17.7 Å². The fourth-order valence-corrected chi connectivity index (χ4v) is 2.28. The number of carbonyl (C=O) groups excluding carboxylic acids is 2. The molecular formula is C13H21N3O3S. The van der Waals surface area contributed by atoms with Gasteiger partial charge >= 0.3 is 0 Å². The Morgan fingerprint density at radius 3 is 2.80 bits per heavy atom. The number of nitrogens with zero attached hydrogens (tertiary/aromatic N) is 2. The van der Waals surface area contributed by atoms with Gasteiger partial charge in [-0.05, 0) is 13.3 Å². The number of unbranched alkanes of at least 4 members (excludes halogenated alkanes) is 1. The summed E-state index contributed by atoms with van der Waals surface area (Å²) in [7, 11) is 1.47. The van der Waals surface area contributed by atoms with Gasteiger partial charge in [0.05, 0.1) is 6.54 Å². The number of hydrogen-bond acceptors (Lipinski definition) is 5. The van der Waals surface area contributed by atoms with Gasteiger partial charge in [0.2, 0.25) is 11.8 Å². The van der Waals surface area contributed by atoms with Gasteiger partial charge < -0.3 is 15.0 Å². The number of nitrogens with one attached hydrogen (secondary N) is 1. The fourth-order valence-electron chi connectivity index (χ4n) is 1.60. The van der Waals surface area contributed by atoms with E-state index in [9.17, 15) is 9.59 Å². The fraction of sp³-hybridized carbons (Fsp3) is 0.615. The molecule has 112 valence electrons.